The molecular weight excluding hydrogens is 328 g/mol. The second-order valence-corrected chi connectivity index (χ2v) is 5.31. The van der Waals surface area contributed by atoms with Crippen LogP contribution in [-0.2, 0) is 0 Å². The summed E-state index contributed by atoms with van der Waals surface area (Å²) < 4.78 is 0.634. The minimum absolute atomic E-state index is 0.204. The molecule has 0 fully saturated rings. The lowest BCUT2D eigenvalue weighted by Crippen LogP contribution is -1.91. The summed E-state index contributed by atoms with van der Waals surface area (Å²) in [6.07, 6.45) is 1.66. The Morgan fingerprint density at radius 1 is 1.26 bits per heavy atom. The summed E-state index contributed by atoms with van der Waals surface area (Å²) in [6.45, 7) is 1.95. The molecule has 0 radical (unpaired) electrons. The van der Waals surface area contributed by atoms with Gasteiger partial charge in [-0.05, 0) is 64.3 Å². The predicted molar refractivity (Wildman–Crippen MR) is 83.2 cm³/mol. The summed E-state index contributed by atoms with van der Waals surface area (Å²) in [5, 5.41) is 14.2. The minimum Gasteiger partial charge on any atom is -0.507 e. The third-order valence-corrected chi connectivity index (χ3v) is 3.59. The van der Waals surface area contributed by atoms with Gasteiger partial charge in [0, 0.05) is 5.02 Å². The van der Waals surface area contributed by atoms with Gasteiger partial charge in [-0.1, -0.05) is 17.7 Å². The molecule has 0 bridgehead atoms. The number of nitrogens with zero attached hydrogens (tertiary/aromatic N) is 1. The molecule has 0 atom stereocenters. The molecule has 2 aromatic carbocycles. The van der Waals surface area contributed by atoms with Crippen LogP contribution >= 0.6 is 27.5 Å². The molecule has 3 nitrogen and oxygen atoms in total. The van der Waals surface area contributed by atoms with Crippen molar-refractivity contribution in [2.75, 3.05) is 5.43 Å². The number of aryl methyl sites for hydroxylation is 1. The van der Waals surface area contributed by atoms with Crippen molar-refractivity contribution >= 4 is 39.4 Å². The summed E-state index contributed by atoms with van der Waals surface area (Å²) in [6, 6.07) is 10.8. The molecule has 2 rings (SSSR count). The molecule has 2 aromatic rings. The third-order valence-electron chi connectivity index (χ3n) is 2.55. The van der Waals surface area contributed by atoms with Crippen molar-refractivity contribution in [1.29, 1.82) is 0 Å². The zero-order chi connectivity index (χ0) is 13.8. The van der Waals surface area contributed by atoms with E-state index < -0.39 is 0 Å². The van der Waals surface area contributed by atoms with Crippen molar-refractivity contribution in [2.45, 2.75) is 6.92 Å². The Bertz CT molecular complexity index is 629. The number of nitrogens with one attached hydrogen (secondary N) is 1. The molecule has 19 heavy (non-hydrogen) atoms. The highest BCUT2D eigenvalue weighted by atomic mass is 79.9. The molecule has 0 aliphatic carbocycles. The molecule has 0 aliphatic heterocycles. The molecule has 0 amide bonds. The van der Waals surface area contributed by atoms with Crippen molar-refractivity contribution in [3.05, 3.63) is 57.0 Å². The first-order chi connectivity index (χ1) is 9.06. The summed E-state index contributed by atoms with van der Waals surface area (Å²) in [7, 11) is 0. The predicted octanol–water partition coefficient (Wildman–Crippen LogP) is 4.56. The van der Waals surface area contributed by atoms with Gasteiger partial charge in [0.15, 0.2) is 0 Å². The molecule has 0 heterocycles. The molecule has 0 spiro atoms. The van der Waals surface area contributed by atoms with Crippen LogP contribution in [0.1, 0.15) is 11.1 Å². The summed E-state index contributed by atoms with van der Waals surface area (Å²) in [5.74, 6) is 0.204. The van der Waals surface area contributed by atoms with E-state index in [2.05, 4.69) is 26.5 Å². The van der Waals surface area contributed by atoms with Crippen molar-refractivity contribution < 1.29 is 5.11 Å². The fourth-order valence-corrected chi connectivity index (χ4v) is 2.02. The molecule has 0 aromatic heterocycles. The maximum atomic E-state index is 9.38. The SMILES string of the molecule is Cc1ccc(N/N=C/c2ccc(O)c(Br)c2)cc1Cl. The normalized spacial score (nSPS) is 10.9. The lowest BCUT2D eigenvalue weighted by molar-refractivity contribution is 0.472. The second-order valence-electron chi connectivity index (χ2n) is 4.04. The molecule has 5 heteroatoms. The Balaban J connectivity index is 2.06. The van der Waals surface area contributed by atoms with E-state index >= 15 is 0 Å². The van der Waals surface area contributed by atoms with Gasteiger partial charge in [0.1, 0.15) is 5.75 Å². The van der Waals surface area contributed by atoms with Gasteiger partial charge in [0.05, 0.1) is 16.4 Å². The smallest absolute Gasteiger partial charge is 0.129 e. The van der Waals surface area contributed by atoms with Crippen LogP contribution < -0.4 is 5.43 Å². The standard InChI is InChI=1S/C14H12BrClN2O/c1-9-2-4-11(7-13(9)16)18-17-8-10-3-5-14(19)12(15)6-10/h2-8,18-19H,1H3/b17-8+. The zero-order valence-corrected chi connectivity index (χ0v) is 12.5. The number of anilines is 1. The number of hydrazone groups is 1. The van der Waals surface area contributed by atoms with Crippen molar-refractivity contribution in [1.82, 2.24) is 0 Å². The van der Waals surface area contributed by atoms with E-state index in [-0.39, 0.29) is 5.75 Å². The number of benzene rings is 2. The van der Waals surface area contributed by atoms with Crippen LogP contribution in [0.25, 0.3) is 0 Å². The maximum absolute atomic E-state index is 9.38. The lowest BCUT2D eigenvalue weighted by atomic mass is 10.2. The number of hydrogen-bond donors (Lipinski definition) is 2. The maximum Gasteiger partial charge on any atom is 0.129 e. The Kier molecular flexibility index (Phi) is 4.45. The summed E-state index contributed by atoms with van der Waals surface area (Å²) in [4.78, 5) is 0. The van der Waals surface area contributed by atoms with Crippen LogP contribution in [-0.4, -0.2) is 11.3 Å². The van der Waals surface area contributed by atoms with Gasteiger partial charge >= 0.3 is 0 Å². The van der Waals surface area contributed by atoms with E-state index in [1.807, 2.05) is 25.1 Å². The van der Waals surface area contributed by atoms with E-state index in [1.165, 1.54) is 0 Å². The van der Waals surface area contributed by atoms with Gasteiger partial charge in [0.2, 0.25) is 0 Å². The number of phenolic OH excluding ortho intramolecular Hbond substituents is 1. The number of hydrogen-bond acceptors (Lipinski definition) is 3. The van der Waals surface area contributed by atoms with Gasteiger partial charge in [-0.25, -0.2) is 0 Å². The first kappa shape index (κ1) is 13.9. The zero-order valence-electron chi connectivity index (χ0n) is 10.2. The van der Waals surface area contributed by atoms with Crippen molar-refractivity contribution in [2.24, 2.45) is 5.10 Å². The van der Waals surface area contributed by atoms with Gasteiger partial charge in [-0.2, -0.15) is 5.10 Å². The fourth-order valence-electron chi connectivity index (χ4n) is 1.45. The Hall–Kier alpha value is -1.52. The fraction of sp³-hybridized carbons (Fsp3) is 0.0714. The largest absolute Gasteiger partial charge is 0.507 e. The van der Waals surface area contributed by atoms with E-state index in [9.17, 15) is 5.11 Å². The minimum atomic E-state index is 0.204. The van der Waals surface area contributed by atoms with Crippen LogP contribution in [0.5, 0.6) is 5.75 Å². The van der Waals surface area contributed by atoms with Gasteiger partial charge in [0.25, 0.3) is 0 Å². The van der Waals surface area contributed by atoms with Crippen molar-refractivity contribution in [3.63, 3.8) is 0 Å². The molecule has 0 saturated heterocycles. The van der Waals surface area contributed by atoms with Crippen LogP contribution in [0.15, 0.2) is 46.0 Å². The number of aromatic hydroxyl groups is 1. The average molecular weight is 340 g/mol. The molecule has 98 valence electrons. The van der Waals surface area contributed by atoms with Crippen LogP contribution in [0.3, 0.4) is 0 Å². The van der Waals surface area contributed by atoms with Crippen LogP contribution in [0, 0.1) is 6.92 Å². The Morgan fingerprint density at radius 2 is 2.05 bits per heavy atom. The van der Waals surface area contributed by atoms with E-state index in [0.29, 0.717) is 9.50 Å². The topological polar surface area (TPSA) is 44.6 Å². The molecule has 0 aliphatic rings. The third kappa shape index (κ3) is 3.72. The summed E-state index contributed by atoms with van der Waals surface area (Å²) in [5.41, 5.74) is 5.62. The number of phenols is 1. The highest BCUT2D eigenvalue weighted by Crippen LogP contribution is 2.23. The Labute approximate surface area is 125 Å². The molecule has 0 unspecified atom stereocenters. The first-order valence-corrected chi connectivity index (χ1v) is 6.77. The van der Waals surface area contributed by atoms with Gasteiger partial charge in [-0.15, -0.1) is 0 Å². The molecular formula is C14H12BrClN2O. The van der Waals surface area contributed by atoms with Gasteiger partial charge in [-0.3, -0.25) is 5.43 Å². The Morgan fingerprint density at radius 3 is 2.74 bits per heavy atom. The molecule has 2 N–H and O–H groups in total. The monoisotopic (exact) mass is 338 g/mol. The summed E-state index contributed by atoms with van der Waals surface area (Å²) >= 11 is 9.27. The quantitative estimate of drug-likeness (QED) is 0.636. The van der Waals surface area contributed by atoms with E-state index in [0.717, 1.165) is 16.8 Å². The highest BCUT2D eigenvalue weighted by molar-refractivity contribution is 9.10. The average Bonchev–Trinajstić information content (AvgIpc) is 2.38. The van der Waals surface area contributed by atoms with E-state index in [1.54, 1.807) is 24.4 Å². The van der Waals surface area contributed by atoms with Crippen LogP contribution in [0.2, 0.25) is 5.02 Å². The molecule has 0 saturated carbocycles. The van der Waals surface area contributed by atoms with E-state index in [4.69, 9.17) is 11.6 Å². The highest BCUT2D eigenvalue weighted by Gasteiger charge is 1.98. The number of rotatable bonds is 3. The second kappa shape index (κ2) is 6.08. The van der Waals surface area contributed by atoms with Crippen molar-refractivity contribution in [3.8, 4) is 5.75 Å². The van der Waals surface area contributed by atoms with Crippen LogP contribution in [0.4, 0.5) is 5.69 Å². The van der Waals surface area contributed by atoms with Gasteiger partial charge < -0.3 is 5.11 Å². The number of halogens is 2. The lowest BCUT2D eigenvalue weighted by Gasteiger charge is -2.03. The first-order valence-electron chi connectivity index (χ1n) is 5.60.